The highest BCUT2D eigenvalue weighted by molar-refractivity contribution is 7.92. The maximum atomic E-state index is 13.8. The van der Waals surface area contributed by atoms with E-state index in [-0.39, 0.29) is 5.75 Å². The highest BCUT2D eigenvalue weighted by Crippen LogP contribution is 2.46. The van der Waals surface area contributed by atoms with E-state index in [2.05, 4.69) is 5.32 Å². The molecule has 1 aromatic carbocycles. The molecule has 0 radical (unpaired) electrons. The van der Waals surface area contributed by atoms with Crippen molar-refractivity contribution >= 4 is 15.7 Å². The van der Waals surface area contributed by atoms with E-state index in [9.17, 15) is 22.0 Å². The van der Waals surface area contributed by atoms with Gasteiger partial charge in [0.05, 0.1) is 11.9 Å². The number of amides is 1. The van der Waals surface area contributed by atoms with Crippen LogP contribution in [0.25, 0.3) is 0 Å². The van der Waals surface area contributed by atoms with Gasteiger partial charge >= 0.3 is 0 Å². The van der Waals surface area contributed by atoms with E-state index in [4.69, 9.17) is 4.74 Å². The minimum atomic E-state index is -3.37. The van der Waals surface area contributed by atoms with Gasteiger partial charge in [-0.15, -0.1) is 0 Å². The predicted octanol–water partition coefficient (Wildman–Crippen LogP) is 1.67. The van der Waals surface area contributed by atoms with Crippen LogP contribution in [0.5, 0.6) is 5.75 Å². The van der Waals surface area contributed by atoms with Crippen molar-refractivity contribution < 1.29 is 26.7 Å². The molecule has 1 aliphatic carbocycles. The predicted molar refractivity (Wildman–Crippen MR) is 76.6 cm³/mol. The molecule has 1 atom stereocenters. The van der Waals surface area contributed by atoms with Crippen molar-refractivity contribution in [2.75, 3.05) is 13.4 Å². The first kappa shape index (κ1) is 16.7. The van der Waals surface area contributed by atoms with E-state index < -0.39 is 43.7 Å². The lowest BCUT2D eigenvalue weighted by atomic mass is 10.1. The van der Waals surface area contributed by atoms with Crippen molar-refractivity contribution in [3.05, 3.63) is 29.3 Å². The Hall–Kier alpha value is -1.70. The number of sulfone groups is 1. The van der Waals surface area contributed by atoms with Crippen molar-refractivity contribution in [1.29, 1.82) is 0 Å². The molecule has 122 valence electrons. The number of nitrogens with one attached hydrogen (secondary N) is 1. The van der Waals surface area contributed by atoms with Crippen molar-refractivity contribution in [1.82, 2.24) is 5.32 Å². The molecule has 1 unspecified atom stereocenters. The number of methoxy groups -OCH3 is 1. The number of carbonyl (C=O) groups is 1. The number of carbonyl (C=O) groups excluding carboxylic acids is 1. The van der Waals surface area contributed by atoms with Gasteiger partial charge in [-0.05, 0) is 19.8 Å². The zero-order chi connectivity index (χ0) is 16.7. The van der Waals surface area contributed by atoms with Crippen LogP contribution in [-0.4, -0.2) is 38.5 Å². The molecule has 0 spiro atoms. The second kappa shape index (κ2) is 5.49. The Morgan fingerprint density at radius 2 is 1.82 bits per heavy atom. The second-order valence-corrected chi connectivity index (χ2v) is 7.86. The first-order chi connectivity index (χ1) is 10.1. The van der Waals surface area contributed by atoms with Crippen LogP contribution >= 0.6 is 0 Å². The van der Waals surface area contributed by atoms with Crippen molar-refractivity contribution in [2.24, 2.45) is 0 Å². The molecule has 1 saturated carbocycles. The summed E-state index contributed by atoms with van der Waals surface area (Å²) in [7, 11) is -2.12. The lowest BCUT2D eigenvalue weighted by Crippen LogP contribution is -2.46. The molecule has 8 heteroatoms. The van der Waals surface area contributed by atoms with E-state index in [0.717, 1.165) is 18.4 Å². The lowest BCUT2D eigenvalue weighted by Gasteiger charge is -2.23. The molecular formula is C14H17F2NO4S. The highest BCUT2D eigenvalue weighted by Gasteiger charge is 2.56. The first-order valence-electron chi connectivity index (χ1n) is 6.66. The van der Waals surface area contributed by atoms with Gasteiger partial charge in [0.1, 0.15) is 22.9 Å². The normalized spacial score (nSPS) is 17.7. The Morgan fingerprint density at radius 3 is 2.18 bits per heavy atom. The van der Waals surface area contributed by atoms with E-state index in [1.54, 1.807) is 0 Å². The molecule has 1 aliphatic rings. The fourth-order valence-electron chi connectivity index (χ4n) is 2.53. The Morgan fingerprint density at radius 1 is 1.32 bits per heavy atom. The van der Waals surface area contributed by atoms with Crippen LogP contribution in [0, 0.1) is 11.6 Å². The van der Waals surface area contributed by atoms with Crippen LogP contribution in [-0.2, 0) is 9.84 Å². The van der Waals surface area contributed by atoms with Gasteiger partial charge in [-0.25, -0.2) is 17.2 Å². The van der Waals surface area contributed by atoms with Crippen LogP contribution in [0.2, 0.25) is 0 Å². The Bertz CT molecular complexity index is 691. The van der Waals surface area contributed by atoms with Crippen molar-refractivity contribution in [3.8, 4) is 5.75 Å². The number of rotatable bonds is 5. The van der Waals surface area contributed by atoms with Crippen molar-refractivity contribution in [2.45, 2.75) is 30.6 Å². The van der Waals surface area contributed by atoms with E-state index in [1.165, 1.54) is 14.0 Å². The van der Waals surface area contributed by atoms with Crippen LogP contribution in [0.15, 0.2) is 12.1 Å². The monoisotopic (exact) mass is 333 g/mol. The molecule has 0 saturated heterocycles. The van der Waals surface area contributed by atoms with E-state index in [0.29, 0.717) is 12.8 Å². The maximum absolute atomic E-state index is 13.8. The minimum Gasteiger partial charge on any atom is -0.497 e. The Kier molecular flexibility index (Phi) is 4.16. The van der Waals surface area contributed by atoms with Gasteiger partial charge in [0.2, 0.25) is 0 Å². The highest BCUT2D eigenvalue weighted by atomic mass is 32.2. The summed E-state index contributed by atoms with van der Waals surface area (Å²) < 4.78 is 54.9. The Labute approximate surface area is 127 Å². The quantitative estimate of drug-likeness (QED) is 0.890. The number of hydrogen-bond donors (Lipinski definition) is 1. The van der Waals surface area contributed by atoms with Gasteiger partial charge in [-0.3, -0.25) is 4.79 Å². The number of ether oxygens (including phenoxy) is 1. The number of hydrogen-bond acceptors (Lipinski definition) is 4. The summed E-state index contributed by atoms with van der Waals surface area (Å²) in [5, 5.41) is 2.39. The SMILES string of the molecule is COc1cc(F)c(C(=O)NC(C)C2(S(C)(=O)=O)CC2)c(F)c1. The van der Waals surface area contributed by atoms with Crippen LogP contribution in [0.4, 0.5) is 8.78 Å². The summed E-state index contributed by atoms with van der Waals surface area (Å²) >= 11 is 0. The molecule has 1 fully saturated rings. The standard InChI is InChI=1S/C14H17F2NO4S/c1-8(14(4-5-14)22(3,19)20)17-13(18)12-10(15)6-9(21-2)7-11(12)16/h6-8H,4-5H2,1-3H3,(H,17,18). The topological polar surface area (TPSA) is 72.5 Å². The Balaban J connectivity index is 2.24. The third-order valence-corrected chi connectivity index (χ3v) is 6.34. The fourth-order valence-corrected chi connectivity index (χ4v) is 4.08. The summed E-state index contributed by atoms with van der Waals surface area (Å²) in [5.74, 6) is -3.16. The molecule has 0 heterocycles. The molecule has 0 bridgehead atoms. The van der Waals surface area contributed by atoms with E-state index >= 15 is 0 Å². The molecule has 22 heavy (non-hydrogen) atoms. The van der Waals surface area contributed by atoms with Crippen LogP contribution < -0.4 is 10.1 Å². The summed E-state index contributed by atoms with van der Waals surface area (Å²) in [5.41, 5.74) is -0.753. The summed E-state index contributed by atoms with van der Waals surface area (Å²) in [6.07, 6.45) is 1.93. The van der Waals surface area contributed by atoms with Gasteiger partial charge in [0, 0.05) is 24.4 Å². The number of benzene rings is 1. The minimum absolute atomic E-state index is 0.0469. The second-order valence-electron chi connectivity index (χ2n) is 5.50. The molecule has 0 aliphatic heterocycles. The first-order valence-corrected chi connectivity index (χ1v) is 8.55. The van der Waals surface area contributed by atoms with Gasteiger partial charge in [0.15, 0.2) is 9.84 Å². The summed E-state index contributed by atoms with van der Waals surface area (Å²) in [6.45, 7) is 1.52. The van der Waals surface area contributed by atoms with Gasteiger partial charge in [0.25, 0.3) is 5.91 Å². The molecular weight excluding hydrogens is 316 g/mol. The maximum Gasteiger partial charge on any atom is 0.257 e. The molecule has 5 nitrogen and oxygen atoms in total. The summed E-state index contributed by atoms with van der Waals surface area (Å²) in [4.78, 5) is 12.1. The molecule has 0 aromatic heterocycles. The summed E-state index contributed by atoms with van der Waals surface area (Å²) in [6, 6.07) is 1.05. The largest absolute Gasteiger partial charge is 0.497 e. The van der Waals surface area contributed by atoms with Gasteiger partial charge in [-0.2, -0.15) is 0 Å². The van der Waals surface area contributed by atoms with Crippen LogP contribution in [0.3, 0.4) is 0 Å². The average molecular weight is 333 g/mol. The lowest BCUT2D eigenvalue weighted by molar-refractivity contribution is 0.0929. The molecule has 1 amide bonds. The third kappa shape index (κ3) is 2.79. The van der Waals surface area contributed by atoms with Crippen molar-refractivity contribution in [3.63, 3.8) is 0 Å². The van der Waals surface area contributed by atoms with Gasteiger partial charge < -0.3 is 10.1 Å². The molecule has 1 N–H and O–H groups in total. The molecule has 1 aromatic rings. The van der Waals surface area contributed by atoms with Crippen LogP contribution in [0.1, 0.15) is 30.1 Å². The van der Waals surface area contributed by atoms with E-state index in [1.807, 2.05) is 0 Å². The average Bonchev–Trinajstić information content (AvgIpc) is 3.18. The third-order valence-electron chi connectivity index (χ3n) is 4.10. The fraction of sp³-hybridized carbons (Fsp3) is 0.500. The van der Waals surface area contributed by atoms with Gasteiger partial charge in [-0.1, -0.05) is 0 Å². The number of halogens is 2. The zero-order valence-electron chi connectivity index (χ0n) is 12.4. The smallest absolute Gasteiger partial charge is 0.257 e. The molecule has 2 rings (SSSR count). The zero-order valence-corrected chi connectivity index (χ0v) is 13.3.